The number of anilines is 1. The first kappa shape index (κ1) is 12.0. The number of ether oxygens (including phenoxy) is 1. The molecule has 5 nitrogen and oxygen atoms in total. The van der Waals surface area contributed by atoms with Crippen molar-refractivity contribution < 1.29 is 4.74 Å². The van der Waals surface area contributed by atoms with Crippen LogP contribution < -0.4 is 5.73 Å². The zero-order valence-corrected chi connectivity index (χ0v) is 11.9. The van der Waals surface area contributed by atoms with Crippen molar-refractivity contribution in [1.29, 1.82) is 0 Å². The van der Waals surface area contributed by atoms with E-state index in [-0.39, 0.29) is 5.60 Å². The van der Waals surface area contributed by atoms with E-state index in [1.54, 1.807) is 0 Å². The second kappa shape index (κ2) is 4.38. The number of hydrogen-bond acceptors (Lipinski definition) is 5. The largest absolute Gasteiger partial charge is 0.381 e. The predicted octanol–water partition coefficient (Wildman–Crippen LogP) is 1.96. The quantitative estimate of drug-likeness (QED) is 0.897. The maximum Gasteiger partial charge on any atom is 0.169 e. The van der Waals surface area contributed by atoms with Gasteiger partial charge in [0, 0.05) is 18.3 Å². The molecule has 0 bridgehead atoms. The fraction of sp³-hybridized carbons (Fsp3) is 0.846. The van der Waals surface area contributed by atoms with Crippen LogP contribution in [0.1, 0.15) is 49.8 Å². The van der Waals surface area contributed by atoms with Gasteiger partial charge in [0.15, 0.2) is 5.82 Å². The van der Waals surface area contributed by atoms with E-state index in [0.29, 0.717) is 17.8 Å². The molecule has 2 saturated heterocycles. The van der Waals surface area contributed by atoms with Crippen LogP contribution in [0.25, 0.3) is 0 Å². The normalized spacial score (nSPS) is 35.1. The molecule has 1 saturated carbocycles. The number of nitrogens with zero attached hydrogens (tertiary/aromatic N) is 3. The highest BCUT2D eigenvalue weighted by Crippen LogP contribution is 2.46. The average Bonchev–Trinajstić information content (AvgIpc) is 3.04. The minimum Gasteiger partial charge on any atom is -0.381 e. The zero-order chi connectivity index (χ0) is 12.9. The maximum absolute atomic E-state index is 6.09. The molecular formula is C13H20N4OS. The van der Waals surface area contributed by atoms with Gasteiger partial charge in [-0.3, -0.25) is 0 Å². The van der Waals surface area contributed by atoms with E-state index in [2.05, 4.69) is 15.0 Å². The van der Waals surface area contributed by atoms with Gasteiger partial charge in [-0.1, -0.05) is 5.21 Å². The summed E-state index contributed by atoms with van der Waals surface area (Å²) in [6.07, 6.45) is 5.76. The van der Waals surface area contributed by atoms with Gasteiger partial charge in [-0.05, 0) is 37.9 Å². The molecule has 1 aliphatic carbocycles. The maximum atomic E-state index is 6.09. The Labute approximate surface area is 117 Å². The summed E-state index contributed by atoms with van der Waals surface area (Å²) in [6.45, 7) is 0.842. The van der Waals surface area contributed by atoms with Gasteiger partial charge in [-0.2, -0.15) is 11.8 Å². The molecule has 19 heavy (non-hydrogen) atoms. The standard InChI is InChI=1S/C13H20N4OS/c14-12-11(9-1-2-9)17(16-15-12)10-3-5-18-13(7-10)4-6-19-8-13/h9-10H,1-8,14H2. The van der Waals surface area contributed by atoms with Crippen molar-refractivity contribution in [2.45, 2.75) is 49.7 Å². The van der Waals surface area contributed by atoms with Crippen LogP contribution in [0.2, 0.25) is 0 Å². The van der Waals surface area contributed by atoms with E-state index in [9.17, 15) is 0 Å². The van der Waals surface area contributed by atoms with Gasteiger partial charge >= 0.3 is 0 Å². The van der Waals surface area contributed by atoms with Gasteiger partial charge in [0.05, 0.1) is 17.3 Å². The lowest BCUT2D eigenvalue weighted by atomic mass is 9.90. The van der Waals surface area contributed by atoms with Gasteiger partial charge in [0.1, 0.15) is 0 Å². The summed E-state index contributed by atoms with van der Waals surface area (Å²) in [5.74, 6) is 3.60. The molecule has 2 N–H and O–H groups in total. The summed E-state index contributed by atoms with van der Waals surface area (Å²) >= 11 is 2.01. The molecule has 0 radical (unpaired) electrons. The van der Waals surface area contributed by atoms with Crippen molar-refractivity contribution >= 4 is 17.6 Å². The first-order valence-corrected chi connectivity index (χ1v) is 8.35. The highest BCUT2D eigenvalue weighted by atomic mass is 32.2. The number of hydrogen-bond donors (Lipinski definition) is 1. The smallest absolute Gasteiger partial charge is 0.169 e. The minimum absolute atomic E-state index is 0.0924. The summed E-state index contributed by atoms with van der Waals surface area (Å²) in [4.78, 5) is 0. The van der Waals surface area contributed by atoms with Crippen molar-refractivity contribution in [3.63, 3.8) is 0 Å². The number of nitrogen functional groups attached to an aromatic ring is 1. The Balaban J connectivity index is 1.61. The number of aromatic nitrogens is 3. The molecule has 104 valence electrons. The summed E-state index contributed by atoms with van der Waals surface area (Å²) in [6, 6.07) is 0.424. The van der Waals surface area contributed by atoms with E-state index in [4.69, 9.17) is 10.5 Å². The predicted molar refractivity (Wildman–Crippen MR) is 75.3 cm³/mol. The number of nitrogens with two attached hydrogens (primary N) is 1. The molecule has 1 aromatic rings. The van der Waals surface area contributed by atoms with Crippen LogP contribution in [-0.4, -0.2) is 38.7 Å². The van der Waals surface area contributed by atoms with E-state index < -0.39 is 0 Å². The minimum atomic E-state index is 0.0924. The first-order chi connectivity index (χ1) is 9.27. The van der Waals surface area contributed by atoms with Gasteiger partial charge in [-0.15, -0.1) is 5.10 Å². The SMILES string of the molecule is Nc1nnn(C2CCOC3(CCSC3)C2)c1C1CC1. The van der Waals surface area contributed by atoms with Gasteiger partial charge in [0.2, 0.25) is 0 Å². The van der Waals surface area contributed by atoms with Crippen LogP contribution in [0.3, 0.4) is 0 Å². The molecule has 3 aliphatic rings. The van der Waals surface area contributed by atoms with Crippen molar-refractivity contribution in [2.75, 3.05) is 23.8 Å². The Morgan fingerprint density at radius 2 is 2.26 bits per heavy atom. The summed E-state index contributed by atoms with van der Waals surface area (Å²) in [7, 11) is 0. The van der Waals surface area contributed by atoms with E-state index in [1.807, 2.05) is 11.8 Å². The van der Waals surface area contributed by atoms with Crippen molar-refractivity contribution in [3.05, 3.63) is 5.69 Å². The van der Waals surface area contributed by atoms with Crippen LogP contribution in [0.15, 0.2) is 0 Å². The molecule has 4 rings (SSSR count). The van der Waals surface area contributed by atoms with Crippen LogP contribution in [0, 0.1) is 0 Å². The average molecular weight is 280 g/mol. The lowest BCUT2D eigenvalue weighted by Crippen LogP contribution is -2.41. The van der Waals surface area contributed by atoms with Gasteiger partial charge in [-0.25, -0.2) is 4.68 Å². The fourth-order valence-electron chi connectivity index (χ4n) is 3.41. The van der Waals surface area contributed by atoms with E-state index >= 15 is 0 Å². The molecule has 2 aliphatic heterocycles. The van der Waals surface area contributed by atoms with Crippen LogP contribution in [0.5, 0.6) is 0 Å². The lowest BCUT2D eigenvalue weighted by molar-refractivity contribution is -0.0783. The highest BCUT2D eigenvalue weighted by Gasteiger charge is 2.43. The monoisotopic (exact) mass is 280 g/mol. The van der Waals surface area contributed by atoms with Gasteiger partial charge < -0.3 is 10.5 Å². The molecule has 0 amide bonds. The van der Waals surface area contributed by atoms with Crippen molar-refractivity contribution in [1.82, 2.24) is 15.0 Å². The second-order valence-electron chi connectivity index (χ2n) is 6.06. The molecule has 2 atom stereocenters. The summed E-state index contributed by atoms with van der Waals surface area (Å²) in [5.41, 5.74) is 7.28. The Morgan fingerprint density at radius 1 is 1.37 bits per heavy atom. The molecule has 3 fully saturated rings. The Bertz CT molecular complexity index is 479. The zero-order valence-electron chi connectivity index (χ0n) is 11.0. The van der Waals surface area contributed by atoms with Crippen LogP contribution in [-0.2, 0) is 4.74 Å². The van der Waals surface area contributed by atoms with Crippen molar-refractivity contribution in [2.24, 2.45) is 0 Å². The third-order valence-electron chi connectivity index (χ3n) is 4.60. The number of rotatable bonds is 2. The third-order valence-corrected chi connectivity index (χ3v) is 5.83. The van der Waals surface area contributed by atoms with E-state index in [1.165, 1.54) is 30.7 Å². The Kier molecular flexibility index (Phi) is 2.77. The van der Waals surface area contributed by atoms with Crippen LogP contribution >= 0.6 is 11.8 Å². The number of thioether (sulfide) groups is 1. The second-order valence-corrected chi connectivity index (χ2v) is 7.16. The molecular weight excluding hydrogens is 260 g/mol. The Hall–Kier alpha value is -0.750. The summed E-state index contributed by atoms with van der Waals surface area (Å²) < 4.78 is 8.21. The molecule has 1 spiro atoms. The Morgan fingerprint density at radius 3 is 3.00 bits per heavy atom. The highest BCUT2D eigenvalue weighted by molar-refractivity contribution is 7.99. The fourth-order valence-corrected chi connectivity index (χ4v) is 4.79. The third kappa shape index (κ3) is 2.05. The first-order valence-electron chi connectivity index (χ1n) is 7.20. The molecule has 2 unspecified atom stereocenters. The van der Waals surface area contributed by atoms with E-state index in [0.717, 1.165) is 25.2 Å². The summed E-state index contributed by atoms with van der Waals surface area (Å²) in [5, 5.41) is 8.45. The van der Waals surface area contributed by atoms with Crippen LogP contribution in [0.4, 0.5) is 5.82 Å². The van der Waals surface area contributed by atoms with Gasteiger partial charge in [0.25, 0.3) is 0 Å². The topological polar surface area (TPSA) is 66.0 Å². The molecule has 3 heterocycles. The molecule has 6 heteroatoms. The molecule has 1 aromatic heterocycles. The molecule has 0 aromatic carbocycles. The van der Waals surface area contributed by atoms with Crippen molar-refractivity contribution in [3.8, 4) is 0 Å². The lowest BCUT2D eigenvalue weighted by Gasteiger charge is -2.38.